The second-order valence-corrected chi connectivity index (χ2v) is 5.70. The number of anilines is 1. The Kier molecular flexibility index (Phi) is 5.43. The average molecular weight is 352 g/mol. The van der Waals surface area contributed by atoms with Crippen LogP contribution in [0.2, 0.25) is 0 Å². The lowest BCUT2D eigenvalue weighted by Gasteiger charge is -2.12. The summed E-state index contributed by atoms with van der Waals surface area (Å²) in [6, 6.07) is 13.1. The molecular formula is C18H20N6O2. The molecular weight excluding hydrogens is 332 g/mol. The molecule has 0 radical (unpaired) electrons. The molecule has 0 saturated heterocycles. The normalized spacial score (nSPS) is 10.4. The fourth-order valence-electron chi connectivity index (χ4n) is 2.55. The highest BCUT2D eigenvalue weighted by Crippen LogP contribution is 2.19. The van der Waals surface area contributed by atoms with E-state index in [2.05, 4.69) is 26.2 Å². The van der Waals surface area contributed by atoms with Crippen molar-refractivity contribution in [2.24, 2.45) is 0 Å². The van der Waals surface area contributed by atoms with Crippen LogP contribution in [0.5, 0.6) is 5.75 Å². The standard InChI is InChI=1S/C18H20N6O2/c1-13-7-8-15(24-12-20-22-23-24)11-16(13)21-18(25)19-10-9-14-5-3-4-6-17(14)26-2/h3-8,11-12H,9-10H2,1-2H3,(H2,19,21,25). The molecule has 0 atom stereocenters. The molecule has 2 aromatic carbocycles. The monoisotopic (exact) mass is 352 g/mol. The number of aromatic nitrogens is 4. The summed E-state index contributed by atoms with van der Waals surface area (Å²) in [5.41, 5.74) is 3.46. The van der Waals surface area contributed by atoms with E-state index in [1.807, 2.05) is 49.4 Å². The van der Waals surface area contributed by atoms with Crippen molar-refractivity contribution in [2.45, 2.75) is 13.3 Å². The first kappa shape index (κ1) is 17.4. The molecule has 3 rings (SSSR count). The van der Waals surface area contributed by atoms with Gasteiger partial charge in [-0.25, -0.2) is 9.48 Å². The summed E-state index contributed by atoms with van der Waals surface area (Å²) in [4.78, 5) is 12.2. The van der Waals surface area contributed by atoms with Crippen molar-refractivity contribution in [3.05, 3.63) is 59.9 Å². The van der Waals surface area contributed by atoms with Gasteiger partial charge >= 0.3 is 6.03 Å². The van der Waals surface area contributed by atoms with Crippen molar-refractivity contribution in [1.82, 2.24) is 25.5 Å². The predicted molar refractivity (Wildman–Crippen MR) is 97.6 cm³/mol. The topological polar surface area (TPSA) is 94.0 Å². The second-order valence-electron chi connectivity index (χ2n) is 5.70. The van der Waals surface area contributed by atoms with E-state index >= 15 is 0 Å². The number of ether oxygens (including phenoxy) is 1. The molecule has 0 bridgehead atoms. The molecule has 0 spiro atoms. The summed E-state index contributed by atoms with van der Waals surface area (Å²) >= 11 is 0. The van der Waals surface area contributed by atoms with Gasteiger partial charge in [0.05, 0.1) is 12.8 Å². The summed E-state index contributed by atoms with van der Waals surface area (Å²) < 4.78 is 6.85. The van der Waals surface area contributed by atoms with E-state index in [0.29, 0.717) is 18.7 Å². The summed E-state index contributed by atoms with van der Waals surface area (Å²) in [6.07, 6.45) is 2.18. The van der Waals surface area contributed by atoms with Crippen LogP contribution in [-0.2, 0) is 6.42 Å². The predicted octanol–water partition coefficient (Wildman–Crippen LogP) is 2.34. The van der Waals surface area contributed by atoms with Crippen LogP contribution in [0.3, 0.4) is 0 Å². The van der Waals surface area contributed by atoms with E-state index in [1.54, 1.807) is 7.11 Å². The Morgan fingerprint density at radius 2 is 2.08 bits per heavy atom. The third-order valence-corrected chi connectivity index (χ3v) is 3.96. The van der Waals surface area contributed by atoms with Gasteiger partial charge in [0, 0.05) is 12.2 Å². The largest absolute Gasteiger partial charge is 0.496 e. The summed E-state index contributed by atoms with van der Waals surface area (Å²) in [6.45, 7) is 2.42. The van der Waals surface area contributed by atoms with Gasteiger partial charge in [-0.05, 0) is 53.1 Å². The second kappa shape index (κ2) is 8.11. The Labute approximate surface area is 151 Å². The molecule has 2 amide bonds. The van der Waals surface area contributed by atoms with Crippen LogP contribution in [0.4, 0.5) is 10.5 Å². The van der Waals surface area contributed by atoms with E-state index in [0.717, 1.165) is 22.6 Å². The van der Waals surface area contributed by atoms with Crippen molar-refractivity contribution >= 4 is 11.7 Å². The third-order valence-electron chi connectivity index (χ3n) is 3.96. The van der Waals surface area contributed by atoms with Gasteiger partial charge in [0.15, 0.2) is 0 Å². The molecule has 26 heavy (non-hydrogen) atoms. The first-order valence-electron chi connectivity index (χ1n) is 8.18. The van der Waals surface area contributed by atoms with Crippen LogP contribution in [0, 0.1) is 6.92 Å². The Morgan fingerprint density at radius 1 is 1.23 bits per heavy atom. The van der Waals surface area contributed by atoms with Gasteiger partial charge in [-0.2, -0.15) is 0 Å². The van der Waals surface area contributed by atoms with Crippen molar-refractivity contribution in [2.75, 3.05) is 19.0 Å². The highest BCUT2D eigenvalue weighted by atomic mass is 16.5. The van der Waals surface area contributed by atoms with Gasteiger partial charge < -0.3 is 15.4 Å². The Morgan fingerprint density at radius 3 is 2.85 bits per heavy atom. The van der Waals surface area contributed by atoms with E-state index < -0.39 is 0 Å². The molecule has 8 nitrogen and oxygen atoms in total. The summed E-state index contributed by atoms with van der Waals surface area (Å²) in [5.74, 6) is 0.819. The summed E-state index contributed by atoms with van der Waals surface area (Å²) in [5, 5.41) is 16.8. The van der Waals surface area contributed by atoms with E-state index in [1.165, 1.54) is 11.0 Å². The van der Waals surface area contributed by atoms with E-state index in [-0.39, 0.29) is 6.03 Å². The Bertz CT molecular complexity index is 879. The number of hydrogen-bond donors (Lipinski definition) is 2. The van der Waals surface area contributed by atoms with Crippen LogP contribution in [0.1, 0.15) is 11.1 Å². The van der Waals surface area contributed by atoms with Crippen LogP contribution >= 0.6 is 0 Å². The lowest BCUT2D eigenvalue weighted by atomic mass is 10.1. The minimum atomic E-state index is -0.267. The van der Waals surface area contributed by atoms with E-state index in [4.69, 9.17) is 4.74 Å². The van der Waals surface area contributed by atoms with Gasteiger partial charge in [0.25, 0.3) is 0 Å². The number of nitrogens with zero attached hydrogens (tertiary/aromatic N) is 4. The number of rotatable bonds is 6. The van der Waals surface area contributed by atoms with Crippen LogP contribution in [0.15, 0.2) is 48.8 Å². The SMILES string of the molecule is COc1ccccc1CCNC(=O)Nc1cc(-n2cnnn2)ccc1C. The van der Waals surface area contributed by atoms with Gasteiger partial charge in [-0.1, -0.05) is 24.3 Å². The highest BCUT2D eigenvalue weighted by Gasteiger charge is 2.08. The van der Waals surface area contributed by atoms with Crippen LogP contribution < -0.4 is 15.4 Å². The van der Waals surface area contributed by atoms with Crippen molar-refractivity contribution < 1.29 is 9.53 Å². The van der Waals surface area contributed by atoms with E-state index in [9.17, 15) is 4.79 Å². The highest BCUT2D eigenvalue weighted by molar-refractivity contribution is 5.90. The third kappa shape index (κ3) is 4.15. The zero-order valence-electron chi connectivity index (χ0n) is 14.6. The molecule has 0 aliphatic rings. The van der Waals surface area contributed by atoms with Gasteiger partial charge in [0.2, 0.25) is 0 Å². The first-order chi connectivity index (χ1) is 12.7. The molecule has 1 aromatic heterocycles. The maximum absolute atomic E-state index is 12.2. The fourth-order valence-corrected chi connectivity index (χ4v) is 2.55. The number of hydrogen-bond acceptors (Lipinski definition) is 5. The number of para-hydroxylation sites is 1. The zero-order valence-corrected chi connectivity index (χ0v) is 14.6. The van der Waals surface area contributed by atoms with Crippen molar-refractivity contribution in [1.29, 1.82) is 0 Å². The number of tetrazole rings is 1. The smallest absolute Gasteiger partial charge is 0.319 e. The summed E-state index contributed by atoms with van der Waals surface area (Å²) in [7, 11) is 1.64. The first-order valence-corrected chi connectivity index (χ1v) is 8.18. The maximum atomic E-state index is 12.2. The van der Waals surface area contributed by atoms with Crippen molar-refractivity contribution in [3.63, 3.8) is 0 Å². The van der Waals surface area contributed by atoms with Crippen molar-refractivity contribution in [3.8, 4) is 11.4 Å². The molecule has 1 heterocycles. The number of methoxy groups -OCH3 is 1. The molecule has 3 aromatic rings. The molecule has 134 valence electrons. The average Bonchev–Trinajstić information content (AvgIpc) is 3.18. The number of aryl methyl sites for hydroxylation is 1. The molecule has 0 aliphatic heterocycles. The Hall–Kier alpha value is -3.42. The number of urea groups is 1. The number of benzene rings is 2. The van der Waals surface area contributed by atoms with Crippen LogP contribution in [-0.4, -0.2) is 39.9 Å². The maximum Gasteiger partial charge on any atom is 0.319 e. The zero-order chi connectivity index (χ0) is 18.4. The van der Waals surface area contributed by atoms with Gasteiger partial charge in [-0.3, -0.25) is 0 Å². The molecule has 0 saturated carbocycles. The van der Waals surface area contributed by atoms with Gasteiger partial charge in [-0.15, -0.1) is 5.10 Å². The molecule has 0 unspecified atom stereocenters. The lowest BCUT2D eigenvalue weighted by molar-refractivity contribution is 0.252. The van der Waals surface area contributed by atoms with Crippen LogP contribution in [0.25, 0.3) is 5.69 Å². The lowest BCUT2D eigenvalue weighted by Crippen LogP contribution is -2.30. The minimum Gasteiger partial charge on any atom is -0.496 e. The molecule has 0 fully saturated rings. The number of nitrogens with one attached hydrogen (secondary N) is 2. The minimum absolute atomic E-state index is 0.267. The number of carbonyl (C=O) groups excluding carboxylic acids is 1. The molecule has 8 heteroatoms. The quantitative estimate of drug-likeness (QED) is 0.710. The molecule has 2 N–H and O–H groups in total. The molecule has 0 aliphatic carbocycles. The van der Waals surface area contributed by atoms with Gasteiger partial charge in [0.1, 0.15) is 12.1 Å². The fraction of sp³-hybridized carbons (Fsp3) is 0.222. The Balaban J connectivity index is 1.59. The number of amides is 2. The number of carbonyl (C=O) groups is 1.